The van der Waals surface area contributed by atoms with Crippen LogP contribution in [-0.4, -0.2) is 6.29 Å². The van der Waals surface area contributed by atoms with E-state index in [2.05, 4.69) is 34.3 Å². The van der Waals surface area contributed by atoms with Crippen LogP contribution in [0.4, 0.5) is 0 Å². The molecule has 1 nitrogen and oxygen atoms in total. The first-order valence-corrected chi connectivity index (χ1v) is 5.33. The van der Waals surface area contributed by atoms with Crippen LogP contribution >= 0.6 is 0 Å². The first-order chi connectivity index (χ1) is 6.54. The van der Waals surface area contributed by atoms with E-state index in [-0.39, 0.29) is 0 Å². The Balaban J connectivity index is 4.88. The number of aldehydes is 1. The Labute approximate surface area is 87.9 Å². The second kappa shape index (κ2) is 6.58. The molecule has 0 atom stereocenters. The molecule has 1 heteroatoms. The van der Waals surface area contributed by atoms with Crippen molar-refractivity contribution >= 4 is 6.29 Å². The quantitative estimate of drug-likeness (QED) is 0.357. The summed E-state index contributed by atoms with van der Waals surface area (Å²) in [5.74, 6) is 0.785. The summed E-state index contributed by atoms with van der Waals surface area (Å²) in [4.78, 5) is 11.0. The Morgan fingerprint density at radius 1 is 1.21 bits per heavy atom. The van der Waals surface area contributed by atoms with Gasteiger partial charge in [-0.25, -0.2) is 0 Å². The van der Waals surface area contributed by atoms with Crippen LogP contribution in [0.2, 0.25) is 0 Å². The normalized spacial score (nSPS) is 13.0. The highest BCUT2D eigenvalue weighted by atomic mass is 16.1. The predicted octanol–water partition coefficient (Wildman–Crippen LogP) is 3.76. The zero-order chi connectivity index (χ0) is 11.1. The van der Waals surface area contributed by atoms with Crippen molar-refractivity contribution in [3.05, 3.63) is 23.8 Å². The molecule has 0 aromatic carbocycles. The summed E-state index contributed by atoms with van der Waals surface area (Å²) in [5.41, 5.74) is 2.26. The van der Waals surface area contributed by atoms with E-state index in [1.165, 1.54) is 5.57 Å². The SMILES string of the molecule is C=CCCC(=C(C=O)C(C)C)C(C)C. The molecule has 0 unspecified atom stereocenters. The third-order valence-corrected chi connectivity index (χ3v) is 2.43. The van der Waals surface area contributed by atoms with Crippen molar-refractivity contribution in [1.82, 2.24) is 0 Å². The van der Waals surface area contributed by atoms with Gasteiger partial charge in [0.25, 0.3) is 0 Å². The molecule has 0 aliphatic heterocycles. The summed E-state index contributed by atoms with van der Waals surface area (Å²) in [6.07, 6.45) is 4.85. The molecule has 0 rings (SSSR count). The highest BCUT2D eigenvalue weighted by Gasteiger charge is 2.12. The molecule has 14 heavy (non-hydrogen) atoms. The van der Waals surface area contributed by atoms with E-state index in [4.69, 9.17) is 0 Å². The number of allylic oxidation sites excluding steroid dienone is 3. The van der Waals surface area contributed by atoms with Gasteiger partial charge in [0.15, 0.2) is 0 Å². The van der Waals surface area contributed by atoms with Gasteiger partial charge < -0.3 is 0 Å². The summed E-state index contributed by atoms with van der Waals surface area (Å²) >= 11 is 0. The first kappa shape index (κ1) is 13.2. The van der Waals surface area contributed by atoms with Crippen LogP contribution in [0.1, 0.15) is 40.5 Å². The maximum atomic E-state index is 11.0. The Hall–Kier alpha value is -0.850. The van der Waals surface area contributed by atoms with Crippen LogP contribution in [0.5, 0.6) is 0 Å². The summed E-state index contributed by atoms with van der Waals surface area (Å²) in [6.45, 7) is 12.1. The van der Waals surface area contributed by atoms with E-state index in [1.54, 1.807) is 0 Å². The molecular weight excluding hydrogens is 172 g/mol. The second-order valence-electron chi connectivity index (χ2n) is 4.24. The number of carbonyl (C=O) groups excluding carboxylic acids is 1. The van der Waals surface area contributed by atoms with Gasteiger partial charge in [-0.1, -0.05) is 39.3 Å². The molecule has 80 valence electrons. The molecule has 0 spiro atoms. The maximum absolute atomic E-state index is 11.0. The van der Waals surface area contributed by atoms with Gasteiger partial charge in [0, 0.05) is 0 Å². The largest absolute Gasteiger partial charge is 0.298 e. The Kier molecular flexibility index (Phi) is 6.18. The highest BCUT2D eigenvalue weighted by molar-refractivity contribution is 5.75. The van der Waals surface area contributed by atoms with Crippen LogP contribution in [0.25, 0.3) is 0 Å². The summed E-state index contributed by atoms with van der Waals surface area (Å²) in [5, 5.41) is 0. The van der Waals surface area contributed by atoms with Gasteiger partial charge in [-0.2, -0.15) is 0 Å². The minimum absolute atomic E-state index is 0.328. The van der Waals surface area contributed by atoms with Gasteiger partial charge >= 0.3 is 0 Å². The molecule has 0 aliphatic rings. The number of rotatable bonds is 6. The fourth-order valence-corrected chi connectivity index (χ4v) is 1.61. The van der Waals surface area contributed by atoms with Crippen molar-refractivity contribution in [2.45, 2.75) is 40.5 Å². The predicted molar refractivity (Wildman–Crippen MR) is 62.2 cm³/mol. The van der Waals surface area contributed by atoms with Gasteiger partial charge in [0.1, 0.15) is 6.29 Å². The second-order valence-corrected chi connectivity index (χ2v) is 4.24. The number of hydrogen-bond acceptors (Lipinski definition) is 1. The highest BCUT2D eigenvalue weighted by Crippen LogP contribution is 2.24. The zero-order valence-electron chi connectivity index (χ0n) is 9.84. The molecule has 0 aliphatic carbocycles. The molecule has 0 amide bonds. The molecule has 0 radical (unpaired) electrons. The fourth-order valence-electron chi connectivity index (χ4n) is 1.61. The maximum Gasteiger partial charge on any atom is 0.146 e. The summed E-state index contributed by atoms with van der Waals surface area (Å²) < 4.78 is 0. The molecule has 0 saturated heterocycles. The van der Waals surface area contributed by atoms with Gasteiger partial charge in [0.2, 0.25) is 0 Å². The van der Waals surface area contributed by atoms with Crippen molar-refractivity contribution < 1.29 is 4.79 Å². The lowest BCUT2D eigenvalue weighted by Gasteiger charge is -2.16. The van der Waals surface area contributed by atoms with Gasteiger partial charge in [-0.3, -0.25) is 4.79 Å². The third-order valence-electron chi connectivity index (χ3n) is 2.43. The lowest BCUT2D eigenvalue weighted by atomic mass is 9.88. The van der Waals surface area contributed by atoms with Crippen molar-refractivity contribution in [1.29, 1.82) is 0 Å². The molecule has 0 bridgehead atoms. The van der Waals surface area contributed by atoms with Crippen LogP contribution < -0.4 is 0 Å². The van der Waals surface area contributed by atoms with E-state index < -0.39 is 0 Å². The van der Waals surface area contributed by atoms with Crippen molar-refractivity contribution in [2.24, 2.45) is 11.8 Å². The first-order valence-electron chi connectivity index (χ1n) is 5.33. The third kappa shape index (κ3) is 3.91. The minimum Gasteiger partial charge on any atom is -0.298 e. The van der Waals surface area contributed by atoms with Gasteiger partial charge in [-0.05, 0) is 30.3 Å². The van der Waals surface area contributed by atoms with Crippen LogP contribution in [-0.2, 0) is 4.79 Å². The van der Waals surface area contributed by atoms with E-state index in [9.17, 15) is 4.79 Å². The molecule has 0 N–H and O–H groups in total. The number of hydrogen-bond donors (Lipinski definition) is 0. The summed E-state index contributed by atoms with van der Waals surface area (Å²) in [7, 11) is 0. The Bertz CT molecular complexity index is 221. The zero-order valence-corrected chi connectivity index (χ0v) is 9.84. The van der Waals surface area contributed by atoms with E-state index in [0.29, 0.717) is 11.8 Å². The molecule has 0 fully saturated rings. The average Bonchev–Trinajstić information content (AvgIpc) is 2.10. The van der Waals surface area contributed by atoms with Crippen LogP contribution in [0.15, 0.2) is 23.8 Å². The Morgan fingerprint density at radius 2 is 1.79 bits per heavy atom. The molecule has 0 saturated carbocycles. The van der Waals surface area contributed by atoms with E-state index in [0.717, 1.165) is 24.7 Å². The van der Waals surface area contributed by atoms with Crippen molar-refractivity contribution in [2.75, 3.05) is 0 Å². The Morgan fingerprint density at radius 3 is 2.07 bits per heavy atom. The average molecular weight is 194 g/mol. The van der Waals surface area contributed by atoms with Crippen LogP contribution in [0, 0.1) is 11.8 Å². The standard InChI is InChI=1S/C13H22O/c1-6-7-8-12(10(2)3)13(9-14)11(4)5/h6,9-11H,1,7-8H2,2-5H3. The molecular formula is C13H22O. The smallest absolute Gasteiger partial charge is 0.146 e. The lowest BCUT2D eigenvalue weighted by molar-refractivity contribution is -0.105. The van der Waals surface area contributed by atoms with Crippen molar-refractivity contribution in [3.63, 3.8) is 0 Å². The van der Waals surface area contributed by atoms with Crippen molar-refractivity contribution in [3.8, 4) is 0 Å². The lowest BCUT2D eigenvalue weighted by Crippen LogP contribution is -2.06. The fraction of sp³-hybridized carbons (Fsp3) is 0.615. The van der Waals surface area contributed by atoms with Crippen LogP contribution in [0.3, 0.4) is 0 Å². The number of carbonyl (C=O) groups is 1. The minimum atomic E-state index is 0.328. The molecule has 0 aromatic heterocycles. The molecule has 0 aromatic rings. The van der Waals surface area contributed by atoms with E-state index >= 15 is 0 Å². The van der Waals surface area contributed by atoms with E-state index in [1.807, 2.05) is 6.08 Å². The van der Waals surface area contributed by atoms with Gasteiger partial charge in [0.05, 0.1) is 0 Å². The summed E-state index contributed by atoms with van der Waals surface area (Å²) in [6, 6.07) is 0. The molecule has 0 heterocycles. The van der Waals surface area contributed by atoms with Gasteiger partial charge in [-0.15, -0.1) is 6.58 Å². The monoisotopic (exact) mass is 194 g/mol. The topological polar surface area (TPSA) is 17.1 Å².